The average Bonchev–Trinajstić information content (AvgIpc) is 2.99. The van der Waals surface area contributed by atoms with Crippen LogP contribution in [-0.2, 0) is 10.5 Å². The Morgan fingerprint density at radius 3 is 2.92 bits per heavy atom. The van der Waals surface area contributed by atoms with Crippen LogP contribution < -0.4 is 10.9 Å². The van der Waals surface area contributed by atoms with E-state index in [1.807, 2.05) is 38.1 Å². The number of nitrogens with zero attached hydrogens (tertiary/aromatic N) is 3. The normalized spacial score (nSPS) is 11.2. The Morgan fingerprint density at radius 2 is 2.12 bits per heavy atom. The molecule has 0 unspecified atom stereocenters. The van der Waals surface area contributed by atoms with E-state index < -0.39 is 0 Å². The molecule has 0 aliphatic carbocycles. The van der Waals surface area contributed by atoms with Gasteiger partial charge in [-0.25, -0.2) is 4.98 Å². The van der Waals surface area contributed by atoms with Gasteiger partial charge in [0.15, 0.2) is 4.34 Å². The monoisotopic (exact) mass is 375 g/mol. The van der Waals surface area contributed by atoms with Gasteiger partial charge in [0.25, 0.3) is 5.56 Å². The number of nitrogens with one attached hydrogen (secondary N) is 2. The largest absolute Gasteiger partial charge is 0.319 e. The third-order valence-corrected chi connectivity index (χ3v) is 5.23. The second kappa shape index (κ2) is 7.75. The average molecular weight is 375 g/mol. The third kappa shape index (κ3) is 4.64. The molecule has 130 valence electrons. The van der Waals surface area contributed by atoms with Crippen molar-refractivity contribution >= 4 is 45.2 Å². The molecule has 0 aliphatic rings. The number of carbonyl (C=O) groups is 1. The van der Waals surface area contributed by atoms with E-state index in [0.29, 0.717) is 32.9 Å². The summed E-state index contributed by atoms with van der Waals surface area (Å²) in [6.07, 6.45) is 0.443. The van der Waals surface area contributed by atoms with Crippen molar-refractivity contribution in [1.29, 1.82) is 0 Å². The van der Waals surface area contributed by atoms with Gasteiger partial charge < -0.3 is 10.3 Å². The maximum absolute atomic E-state index is 12.1. The summed E-state index contributed by atoms with van der Waals surface area (Å²) in [5.41, 5.74) is 1.69. The van der Waals surface area contributed by atoms with Crippen LogP contribution in [0.2, 0.25) is 0 Å². The van der Waals surface area contributed by atoms with Gasteiger partial charge in [-0.05, 0) is 18.1 Å². The molecular weight excluding hydrogens is 358 g/mol. The van der Waals surface area contributed by atoms with Crippen LogP contribution in [0, 0.1) is 5.92 Å². The van der Waals surface area contributed by atoms with E-state index in [2.05, 4.69) is 25.5 Å². The van der Waals surface area contributed by atoms with Gasteiger partial charge in [-0.1, -0.05) is 49.1 Å². The molecule has 7 nitrogen and oxygen atoms in total. The number of amides is 1. The fourth-order valence-electron chi connectivity index (χ4n) is 2.16. The van der Waals surface area contributed by atoms with Gasteiger partial charge in [0.2, 0.25) is 11.0 Å². The van der Waals surface area contributed by atoms with Gasteiger partial charge >= 0.3 is 0 Å². The highest BCUT2D eigenvalue weighted by molar-refractivity contribution is 8.00. The zero-order valence-electron chi connectivity index (χ0n) is 13.8. The first kappa shape index (κ1) is 17.6. The van der Waals surface area contributed by atoms with Crippen molar-refractivity contribution in [3.63, 3.8) is 0 Å². The first-order valence-corrected chi connectivity index (χ1v) is 9.55. The molecule has 2 N–H and O–H groups in total. The van der Waals surface area contributed by atoms with Crippen molar-refractivity contribution in [2.75, 3.05) is 5.32 Å². The number of anilines is 1. The topological polar surface area (TPSA) is 101 Å². The second-order valence-corrected chi connectivity index (χ2v) is 8.04. The Bertz CT molecular complexity index is 951. The predicted molar refractivity (Wildman–Crippen MR) is 99.9 cm³/mol. The minimum atomic E-state index is -0.207. The highest BCUT2D eigenvalue weighted by Gasteiger charge is 2.11. The Balaban J connectivity index is 1.65. The van der Waals surface area contributed by atoms with Crippen molar-refractivity contribution in [2.45, 2.75) is 30.4 Å². The van der Waals surface area contributed by atoms with Gasteiger partial charge in [0.1, 0.15) is 5.69 Å². The predicted octanol–water partition coefficient (Wildman–Crippen LogP) is 3.05. The number of thioether (sulfide) groups is 1. The van der Waals surface area contributed by atoms with Crippen LogP contribution >= 0.6 is 23.1 Å². The molecule has 0 bridgehead atoms. The van der Waals surface area contributed by atoms with E-state index >= 15 is 0 Å². The third-order valence-electron chi connectivity index (χ3n) is 3.25. The molecule has 3 rings (SSSR count). The van der Waals surface area contributed by atoms with E-state index in [9.17, 15) is 9.59 Å². The zero-order valence-corrected chi connectivity index (χ0v) is 15.4. The number of carbonyl (C=O) groups excluding carboxylic acids is 1. The molecule has 0 atom stereocenters. The second-order valence-electron chi connectivity index (χ2n) is 5.84. The van der Waals surface area contributed by atoms with Crippen LogP contribution in [0.3, 0.4) is 0 Å². The summed E-state index contributed by atoms with van der Waals surface area (Å²) >= 11 is 2.65. The molecule has 3 aromatic rings. The number of hydrogen-bond acceptors (Lipinski definition) is 7. The number of fused-ring (bicyclic) bond motifs is 1. The summed E-state index contributed by atoms with van der Waals surface area (Å²) < 4.78 is 0.675. The minimum Gasteiger partial charge on any atom is -0.319 e. The molecule has 9 heteroatoms. The van der Waals surface area contributed by atoms with Gasteiger partial charge in [-0.2, -0.15) is 0 Å². The SMILES string of the molecule is CC(C)CC(=O)Nc1nnc(SCc2nc3ccccc3[nH]c2=O)s1. The quantitative estimate of drug-likeness (QED) is 0.507. The van der Waals surface area contributed by atoms with Crippen LogP contribution in [0.25, 0.3) is 11.0 Å². The molecule has 0 fully saturated rings. The lowest BCUT2D eigenvalue weighted by Crippen LogP contribution is -2.14. The zero-order chi connectivity index (χ0) is 17.8. The van der Waals surface area contributed by atoms with E-state index in [1.165, 1.54) is 23.1 Å². The van der Waals surface area contributed by atoms with E-state index in [1.54, 1.807) is 0 Å². The number of aromatic nitrogens is 4. The molecule has 0 aliphatic heterocycles. The highest BCUT2D eigenvalue weighted by Crippen LogP contribution is 2.27. The molecule has 0 saturated heterocycles. The van der Waals surface area contributed by atoms with Crippen molar-refractivity contribution in [1.82, 2.24) is 20.2 Å². The summed E-state index contributed by atoms with van der Waals surface area (Å²) in [6, 6.07) is 7.40. The first-order valence-electron chi connectivity index (χ1n) is 7.75. The standard InChI is InChI=1S/C16H17N5O2S2/c1-9(2)7-13(22)19-15-20-21-16(25-15)24-8-12-14(23)18-11-6-4-3-5-10(11)17-12/h3-6,9H,7-8H2,1-2H3,(H,18,23)(H,19,20,22). The number of para-hydroxylation sites is 2. The molecule has 1 amide bonds. The molecule has 0 saturated carbocycles. The summed E-state index contributed by atoms with van der Waals surface area (Å²) in [6.45, 7) is 3.96. The summed E-state index contributed by atoms with van der Waals surface area (Å²) in [7, 11) is 0. The van der Waals surface area contributed by atoms with Gasteiger partial charge in [0, 0.05) is 12.2 Å². The first-order chi connectivity index (χ1) is 12.0. The van der Waals surface area contributed by atoms with Crippen molar-refractivity contribution in [3.8, 4) is 0 Å². The Morgan fingerprint density at radius 1 is 1.32 bits per heavy atom. The smallest absolute Gasteiger partial charge is 0.271 e. The fraction of sp³-hybridized carbons (Fsp3) is 0.312. The molecule has 1 aromatic carbocycles. The van der Waals surface area contributed by atoms with Gasteiger partial charge in [-0.15, -0.1) is 10.2 Å². The van der Waals surface area contributed by atoms with Crippen LogP contribution in [0.4, 0.5) is 5.13 Å². The number of aromatic amines is 1. The number of H-pyrrole nitrogens is 1. The lowest BCUT2D eigenvalue weighted by Gasteiger charge is -2.02. The molecule has 0 spiro atoms. The molecule has 0 radical (unpaired) electrons. The highest BCUT2D eigenvalue weighted by atomic mass is 32.2. The van der Waals surface area contributed by atoms with Crippen molar-refractivity contribution in [2.24, 2.45) is 5.92 Å². The maximum atomic E-state index is 12.1. The van der Waals surface area contributed by atoms with Crippen molar-refractivity contribution < 1.29 is 4.79 Å². The van der Waals surface area contributed by atoms with E-state index in [-0.39, 0.29) is 17.4 Å². The van der Waals surface area contributed by atoms with E-state index in [4.69, 9.17) is 0 Å². The molecule has 25 heavy (non-hydrogen) atoms. The molecule has 2 heterocycles. The lowest BCUT2D eigenvalue weighted by molar-refractivity contribution is -0.116. The fourth-order valence-corrected chi connectivity index (χ4v) is 3.85. The number of rotatable bonds is 6. The Labute approximate surface area is 152 Å². The molecular formula is C16H17N5O2S2. The van der Waals surface area contributed by atoms with Gasteiger partial charge in [0.05, 0.1) is 11.0 Å². The Hall–Kier alpha value is -2.26. The summed E-state index contributed by atoms with van der Waals surface area (Å²) in [5.74, 6) is 0.595. The molecule has 2 aromatic heterocycles. The van der Waals surface area contributed by atoms with Crippen LogP contribution in [0.1, 0.15) is 26.0 Å². The number of benzene rings is 1. The van der Waals surface area contributed by atoms with Crippen LogP contribution in [0.15, 0.2) is 33.4 Å². The minimum absolute atomic E-state index is 0.0738. The number of hydrogen-bond donors (Lipinski definition) is 2. The van der Waals surface area contributed by atoms with E-state index in [0.717, 1.165) is 5.52 Å². The van der Waals surface area contributed by atoms with Crippen LogP contribution in [0.5, 0.6) is 0 Å². The summed E-state index contributed by atoms with van der Waals surface area (Å²) in [5, 5.41) is 11.2. The summed E-state index contributed by atoms with van der Waals surface area (Å²) in [4.78, 5) is 31.1. The Kier molecular flexibility index (Phi) is 5.44. The maximum Gasteiger partial charge on any atom is 0.271 e. The van der Waals surface area contributed by atoms with Crippen LogP contribution in [-0.4, -0.2) is 26.1 Å². The lowest BCUT2D eigenvalue weighted by atomic mass is 10.1. The van der Waals surface area contributed by atoms with Crippen molar-refractivity contribution in [3.05, 3.63) is 40.3 Å². The van der Waals surface area contributed by atoms with Gasteiger partial charge in [-0.3, -0.25) is 9.59 Å².